The van der Waals surface area contributed by atoms with Gasteiger partial charge < -0.3 is 5.32 Å². The number of carbonyl (C=O) groups excluding carboxylic acids is 1. The average molecular weight is 298 g/mol. The van der Waals surface area contributed by atoms with Crippen LogP contribution >= 0.6 is 15.9 Å². The van der Waals surface area contributed by atoms with Crippen molar-refractivity contribution in [3.63, 3.8) is 0 Å². The molecule has 94 valence electrons. The second-order valence-corrected chi connectivity index (χ2v) is 5.72. The van der Waals surface area contributed by atoms with Crippen LogP contribution < -0.4 is 5.32 Å². The van der Waals surface area contributed by atoms with E-state index in [2.05, 4.69) is 40.3 Å². The van der Waals surface area contributed by atoms with E-state index in [0.717, 1.165) is 0 Å². The van der Waals surface area contributed by atoms with Crippen LogP contribution in [0.3, 0.4) is 0 Å². The van der Waals surface area contributed by atoms with Crippen LogP contribution in [0.5, 0.6) is 0 Å². The molecule has 0 aliphatic heterocycles. The molecule has 3 heteroatoms. The quantitative estimate of drug-likeness (QED) is 0.846. The highest BCUT2D eigenvalue weighted by atomic mass is 79.9. The first-order valence-electron chi connectivity index (χ1n) is 5.93. The molecule has 0 aromatic heterocycles. The molecule has 0 spiro atoms. The maximum absolute atomic E-state index is 11.9. The van der Waals surface area contributed by atoms with E-state index in [-0.39, 0.29) is 16.8 Å². The Kier molecular flexibility index (Phi) is 5.19. The molecule has 1 aromatic rings. The molecule has 2 atom stereocenters. The van der Waals surface area contributed by atoms with E-state index in [0.29, 0.717) is 5.92 Å². The molecule has 0 heterocycles. The molecule has 1 unspecified atom stereocenters. The Hall–Kier alpha value is -0.830. The predicted octanol–water partition coefficient (Wildman–Crippen LogP) is 3.59. The molecule has 2 nitrogen and oxygen atoms in total. The molecule has 1 N–H and O–H groups in total. The van der Waals surface area contributed by atoms with Crippen molar-refractivity contribution in [1.29, 1.82) is 0 Å². The Labute approximate surface area is 112 Å². The van der Waals surface area contributed by atoms with Crippen molar-refractivity contribution >= 4 is 21.8 Å². The van der Waals surface area contributed by atoms with Gasteiger partial charge in [-0.3, -0.25) is 4.79 Å². The van der Waals surface area contributed by atoms with Crippen LogP contribution in [-0.4, -0.2) is 10.7 Å². The standard InChI is InChI=1S/C14H20BrNO/c1-9(2)13(15)14(17)16-11(4)12-8-6-5-7-10(12)3/h5-9,11,13H,1-4H3,(H,16,17)/t11-,13?/m0/s1. The number of rotatable bonds is 4. The SMILES string of the molecule is Cc1ccccc1[C@H](C)NC(=O)C(Br)C(C)C. The Morgan fingerprint density at radius 1 is 1.24 bits per heavy atom. The fraction of sp³-hybridized carbons (Fsp3) is 0.500. The van der Waals surface area contributed by atoms with Crippen LogP contribution in [0.4, 0.5) is 0 Å². The zero-order chi connectivity index (χ0) is 13.0. The summed E-state index contributed by atoms with van der Waals surface area (Å²) in [6, 6.07) is 8.17. The molecular formula is C14H20BrNO. The third-order valence-electron chi connectivity index (χ3n) is 2.85. The summed E-state index contributed by atoms with van der Waals surface area (Å²) in [6.45, 7) is 8.13. The van der Waals surface area contributed by atoms with Gasteiger partial charge in [0.1, 0.15) is 0 Å². The third kappa shape index (κ3) is 3.84. The zero-order valence-electron chi connectivity index (χ0n) is 10.8. The van der Waals surface area contributed by atoms with Crippen molar-refractivity contribution in [3.8, 4) is 0 Å². The van der Waals surface area contributed by atoms with Gasteiger partial charge in [0.05, 0.1) is 10.9 Å². The van der Waals surface area contributed by atoms with Crippen molar-refractivity contribution in [2.24, 2.45) is 5.92 Å². The number of benzene rings is 1. The Morgan fingerprint density at radius 3 is 2.35 bits per heavy atom. The molecular weight excluding hydrogens is 278 g/mol. The minimum absolute atomic E-state index is 0.0440. The lowest BCUT2D eigenvalue weighted by atomic mass is 10.0. The first kappa shape index (κ1) is 14.2. The van der Waals surface area contributed by atoms with Crippen LogP contribution in [0.2, 0.25) is 0 Å². The fourth-order valence-corrected chi connectivity index (χ4v) is 1.88. The van der Waals surface area contributed by atoms with Crippen molar-refractivity contribution in [2.75, 3.05) is 0 Å². The summed E-state index contributed by atoms with van der Waals surface area (Å²) >= 11 is 3.42. The smallest absolute Gasteiger partial charge is 0.234 e. The van der Waals surface area contributed by atoms with Crippen LogP contribution in [0.15, 0.2) is 24.3 Å². The van der Waals surface area contributed by atoms with Crippen molar-refractivity contribution in [2.45, 2.75) is 38.6 Å². The number of hydrogen-bond donors (Lipinski definition) is 1. The van der Waals surface area contributed by atoms with Gasteiger partial charge in [0.15, 0.2) is 0 Å². The molecule has 17 heavy (non-hydrogen) atoms. The van der Waals surface area contributed by atoms with E-state index < -0.39 is 0 Å². The number of nitrogens with one attached hydrogen (secondary N) is 1. The maximum atomic E-state index is 11.9. The average Bonchev–Trinajstić information content (AvgIpc) is 2.28. The lowest BCUT2D eigenvalue weighted by Gasteiger charge is -2.20. The van der Waals surface area contributed by atoms with Crippen molar-refractivity contribution in [3.05, 3.63) is 35.4 Å². The van der Waals surface area contributed by atoms with Gasteiger partial charge in [-0.2, -0.15) is 0 Å². The van der Waals surface area contributed by atoms with Gasteiger partial charge in [0.2, 0.25) is 5.91 Å². The normalized spacial score (nSPS) is 14.5. The highest BCUT2D eigenvalue weighted by molar-refractivity contribution is 9.10. The van der Waals surface area contributed by atoms with Gasteiger partial charge in [-0.15, -0.1) is 0 Å². The summed E-state index contributed by atoms with van der Waals surface area (Å²) in [6.07, 6.45) is 0. The number of halogens is 1. The Bertz CT molecular complexity index is 390. The van der Waals surface area contributed by atoms with E-state index in [1.54, 1.807) is 0 Å². The first-order chi connectivity index (χ1) is 7.93. The lowest BCUT2D eigenvalue weighted by Crippen LogP contribution is -2.35. The molecule has 0 aliphatic rings. The van der Waals surface area contributed by atoms with E-state index >= 15 is 0 Å². The van der Waals surface area contributed by atoms with E-state index in [4.69, 9.17) is 0 Å². The summed E-state index contributed by atoms with van der Waals surface area (Å²) < 4.78 is 0. The predicted molar refractivity (Wildman–Crippen MR) is 75.3 cm³/mol. The number of aryl methyl sites for hydroxylation is 1. The minimum atomic E-state index is -0.131. The first-order valence-corrected chi connectivity index (χ1v) is 6.85. The Balaban J connectivity index is 2.70. The van der Waals surface area contributed by atoms with Gasteiger partial charge in [-0.1, -0.05) is 54.0 Å². The molecule has 1 rings (SSSR count). The van der Waals surface area contributed by atoms with E-state index in [9.17, 15) is 4.79 Å². The molecule has 1 aromatic carbocycles. The van der Waals surface area contributed by atoms with Gasteiger partial charge in [0, 0.05) is 0 Å². The lowest BCUT2D eigenvalue weighted by molar-refractivity contribution is -0.121. The van der Waals surface area contributed by atoms with Crippen molar-refractivity contribution < 1.29 is 4.79 Å². The summed E-state index contributed by atoms with van der Waals surface area (Å²) in [4.78, 5) is 11.8. The number of alkyl halides is 1. The number of amides is 1. The Morgan fingerprint density at radius 2 is 1.82 bits per heavy atom. The number of carbonyl (C=O) groups is 1. The van der Waals surface area contributed by atoms with Gasteiger partial charge in [-0.05, 0) is 30.9 Å². The molecule has 1 amide bonds. The highest BCUT2D eigenvalue weighted by Gasteiger charge is 2.20. The molecule has 0 radical (unpaired) electrons. The van der Waals surface area contributed by atoms with E-state index in [1.807, 2.05) is 32.9 Å². The molecule has 0 aliphatic carbocycles. The van der Waals surface area contributed by atoms with Crippen LogP contribution in [-0.2, 0) is 4.79 Å². The monoisotopic (exact) mass is 297 g/mol. The van der Waals surface area contributed by atoms with Gasteiger partial charge in [-0.25, -0.2) is 0 Å². The third-order valence-corrected chi connectivity index (χ3v) is 4.32. The van der Waals surface area contributed by atoms with Gasteiger partial charge >= 0.3 is 0 Å². The van der Waals surface area contributed by atoms with Crippen LogP contribution in [0, 0.1) is 12.8 Å². The molecule has 0 bridgehead atoms. The molecule has 0 saturated heterocycles. The summed E-state index contributed by atoms with van der Waals surface area (Å²) in [5.74, 6) is 0.342. The fourth-order valence-electron chi connectivity index (χ4n) is 1.75. The summed E-state index contributed by atoms with van der Waals surface area (Å²) in [5.41, 5.74) is 2.38. The highest BCUT2D eigenvalue weighted by Crippen LogP contribution is 2.19. The van der Waals surface area contributed by atoms with Crippen LogP contribution in [0.1, 0.15) is 37.9 Å². The van der Waals surface area contributed by atoms with Gasteiger partial charge in [0.25, 0.3) is 0 Å². The number of hydrogen-bond acceptors (Lipinski definition) is 1. The second-order valence-electron chi connectivity index (χ2n) is 4.73. The largest absolute Gasteiger partial charge is 0.349 e. The summed E-state index contributed by atoms with van der Waals surface area (Å²) in [5, 5.41) is 3.03. The van der Waals surface area contributed by atoms with Crippen LogP contribution in [0.25, 0.3) is 0 Å². The maximum Gasteiger partial charge on any atom is 0.234 e. The topological polar surface area (TPSA) is 29.1 Å². The molecule has 0 saturated carbocycles. The zero-order valence-corrected chi connectivity index (χ0v) is 12.4. The second kappa shape index (κ2) is 6.20. The van der Waals surface area contributed by atoms with Crippen molar-refractivity contribution in [1.82, 2.24) is 5.32 Å². The minimum Gasteiger partial charge on any atom is -0.349 e. The summed E-state index contributed by atoms with van der Waals surface area (Å²) in [7, 11) is 0. The molecule has 0 fully saturated rings. The van der Waals surface area contributed by atoms with E-state index in [1.165, 1.54) is 11.1 Å².